The molecule has 26 heavy (non-hydrogen) atoms. The van der Waals surface area contributed by atoms with Crippen LogP contribution in [0, 0.1) is 11.3 Å². The predicted molar refractivity (Wildman–Crippen MR) is 107 cm³/mol. The molecule has 1 aromatic rings. The third kappa shape index (κ3) is 5.23. The van der Waals surface area contributed by atoms with Gasteiger partial charge >= 0.3 is 0 Å². The largest absolute Gasteiger partial charge is 0.494 e. The molecular formula is C22H34N2O2. The SMILES string of the molecule is C[C@@H]1CCCN(CCCOc2ccc(NC(=O)C3(C)CCCC3)cc2)C1. The first-order chi connectivity index (χ1) is 12.5. The van der Waals surface area contributed by atoms with Crippen LogP contribution in [0.2, 0.25) is 0 Å². The van der Waals surface area contributed by atoms with Crippen LogP contribution in [0.15, 0.2) is 24.3 Å². The molecule has 1 N–H and O–H groups in total. The molecule has 0 aromatic heterocycles. The smallest absolute Gasteiger partial charge is 0.230 e. The topological polar surface area (TPSA) is 41.6 Å². The Hall–Kier alpha value is -1.55. The van der Waals surface area contributed by atoms with Crippen LogP contribution in [0.3, 0.4) is 0 Å². The molecule has 1 heterocycles. The van der Waals surface area contributed by atoms with Crippen LogP contribution in [-0.2, 0) is 4.79 Å². The van der Waals surface area contributed by atoms with Gasteiger partial charge in [0.1, 0.15) is 5.75 Å². The zero-order chi connectivity index (χ0) is 18.4. The quantitative estimate of drug-likeness (QED) is 0.718. The number of rotatable bonds is 7. The van der Waals surface area contributed by atoms with Crippen molar-refractivity contribution in [1.82, 2.24) is 4.90 Å². The highest BCUT2D eigenvalue weighted by atomic mass is 16.5. The molecule has 1 amide bonds. The number of benzene rings is 1. The van der Waals surface area contributed by atoms with E-state index in [2.05, 4.69) is 24.1 Å². The summed E-state index contributed by atoms with van der Waals surface area (Å²) in [6.45, 7) is 8.75. The minimum Gasteiger partial charge on any atom is -0.494 e. The first-order valence-electron chi connectivity index (χ1n) is 10.3. The van der Waals surface area contributed by atoms with Crippen LogP contribution in [0.1, 0.15) is 58.8 Å². The van der Waals surface area contributed by atoms with Gasteiger partial charge < -0.3 is 15.0 Å². The molecule has 3 rings (SSSR count). The summed E-state index contributed by atoms with van der Waals surface area (Å²) < 4.78 is 5.86. The minimum atomic E-state index is -0.193. The van der Waals surface area contributed by atoms with Gasteiger partial charge in [-0.1, -0.05) is 26.7 Å². The van der Waals surface area contributed by atoms with Gasteiger partial charge in [0.05, 0.1) is 6.61 Å². The average molecular weight is 359 g/mol. The van der Waals surface area contributed by atoms with Gasteiger partial charge in [-0.15, -0.1) is 0 Å². The van der Waals surface area contributed by atoms with Crippen molar-refractivity contribution in [3.05, 3.63) is 24.3 Å². The van der Waals surface area contributed by atoms with E-state index in [0.717, 1.165) is 62.6 Å². The van der Waals surface area contributed by atoms with Crippen molar-refractivity contribution in [2.75, 3.05) is 31.6 Å². The molecular weight excluding hydrogens is 324 g/mol. The standard InChI is InChI=1S/C22H34N2O2/c1-18-7-5-14-24(17-18)15-6-16-26-20-10-8-19(9-11-20)23-21(25)22(2)12-3-4-13-22/h8-11,18H,3-7,12-17H2,1-2H3,(H,23,25)/t18-/m1/s1. The van der Waals surface area contributed by atoms with Gasteiger partial charge in [0, 0.05) is 24.2 Å². The zero-order valence-corrected chi connectivity index (χ0v) is 16.4. The fourth-order valence-electron chi connectivity index (χ4n) is 4.27. The number of carbonyl (C=O) groups excluding carboxylic acids is 1. The van der Waals surface area contributed by atoms with E-state index in [1.807, 2.05) is 24.3 Å². The van der Waals surface area contributed by atoms with Crippen molar-refractivity contribution in [1.29, 1.82) is 0 Å². The second-order valence-electron chi connectivity index (χ2n) is 8.50. The van der Waals surface area contributed by atoms with Crippen LogP contribution in [0.5, 0.6) is 5.75 Å². The first-order valence-corrected chi connectivity index (χ1v) is 10.3. The second-order valence-corrected chi connectivity index (χ2v) is 8.50. The summed E-state index contributed by atoms with van der Waals surface area (Å²) in [6, 6.07) is 7.79. The summed E-state index contributed by atoms with van der Waals surface area (Å²) in [5.74, 6) is 1.86. The van der Waals surface area contributed by atoms with E-state index in [1.54, 1.807) is 0 Å². The Morgan fingerprint density at radius 2 is 1.96 bits per heavy atom. The molecule has 0 spiro atoms. The van der Waals surface area contributed by atoms with Gasteiger partial charge in [0.25, 0.3) is 0 Å². The first kappa shape index (κ1) is 19.2. The van der Waals surface area contributed by atoms with Crippen LogP contribution in [0.4, 0.5) is 5.69 Å². The number of hydrogen-bond donors (Lipinski definition) is 1. The Morgan fingerprint density at radius 1 is 1.23 bits per heavy atom. The summed E-state index contributed by atoms with van der Waals surface area (Å²) in [7, 11) is 0. The number of anilines is 1. The molecule has 1 aliphatic heterocycles. The lowest BCUT2D eigenvalue weighted by molar-refractivity contribution is -0.124. The molecule has 0 bridgehead atoms. The number of carbonyl (C=O) groups is 1. The molecule has 144 valence electrons. The Labute approximate surface area is 158 Å². The normalized spacial score (nSPS) is 22.9. The van der Waals surface area contributed by atoms with Crippen molar-refractivity contribution < 1.29 is 9.53 Å². The molecule has 0 unspecified atom stereocenters. The molecule has 0 radical (unpaired) electrons. The maximum Gasteiger partial charge on any atom is 0.230 e. The van der Waals surface area contributed by atoms with Gasteiger partial charge in [0.15, 0.2) is 0 Å². The third-order valence-corrected chi connectivity index (χ3v) is 6.00. The summed E-state index contributed by atoms with van der Waals surface area (Å²) >= 11 is 0. The Morgan fingerprint density at radius 3 is 2.65 bits per heavy atom. The number of ether oxygens (including phenoxy) is 1. The molecule has 1 atom stereocenters. The van der Waals surface area contributed by atoms with Crippen LogP contribution < -0.4 is 10.1 Å². The van der Waals surface area contributed by atoms with E-state index >= 15 is 0 Å². The van der Waals surface area contributed by atoms with Crippen LogP contribution >= 0.6 is 0 Å². The zero-order valence-electron chi connectivity index (χ0n) is 16.4. The molecule has 1 saturated carbocycles. The van der Waals surface area contributed by atoms with E-state index in [-0.39, 0.29) is 11.3 Å². The highest BCUT2D eigenvalue weighted by Crippen LogP contribution is 2.38. The van der Waals surface area contributed by atoms with E-state index in [4.69, 9.17) is 4.74 Å². The van der Waals surface area contributed by atoms with E-state index in [1.165, 1.54) is 25.9 Å². The molecule has 2 aliphatic rings. The van der Waals surface area contributed by atoms with Gasteiger partial charge in [-0.25, -0.2) is 0 Å². The molecule has 4 nitrogen and oxygen atoms in total. The molecule has 1 aromatic carbocycles. The number of nitrogens with one attached hydrogen (secondary N) is 1. The van der Waals surface area contributed by atoms with E-state index in [0.29, 0.717) is 0 Å². The van der Waals surface area contributed by atoms with Gasteiger partial charge in [0.2, 0.25) is 5.91 Å². The van der Waals surface area contributed by atoms with Gasteiger partial charge in [-0.05, 0) is 68.8 Å². The van der Waals surface area contributed by atoms with E-state index < -0.39 is 0 Å². The van der Waals surface area contributed by atoms with Crippen LogP contribution in [0.25, 0.3) is 0 Å². The average Bonchev–Trinajstić information content (AvgIpc) is 3.08. The molecule has 1 saturated heterocycles. The summed E-state index contributed by atoms with van der Waals surface area (Å²) in [6.07, 6.45) is 8.07. The van der Waals surface area contributed by atoms with Crippen molar-refractivity contribution in [3.8, 4) is 5.75 Å². The van der Waals surface area contributed by atoms with Crippen molar-refractivity contribution in [3.63, 3.8) is 0 Å². The fraction of sp³-hybridized carbons (Fsp3) is 0.682. The molecule has 2 fully saturated rings. The van der Waals surface area contributed by atoms with E-state index in [9.17, 15) is 4.79 Å². The number of hydrogen-bond acceptors (Lipinski definition) is 3. The highest BCUT2D eigenvalue weighted by Gasteiger charge is 2.36. The Bertz CT molecular complexity index is 578. The highest BCUT2D eigenvalue weighted by molar-refractivity contribution is 5.95. The Balaban J connectivity index is 1.38. The summed E-state index contributed by atoms with van der Waals surface area (Å²) in [4.78, 5) is 15.0. The summed E-state index contributed by atoms with van der Waals surface area (Å²) in [5, 5.41) is 3.06. The number of piperidine rings is 1. The predicted octanol–water partition coefficient (Wildman–Crippen LogP) is 4.71. The Kier molecular flexibility index (Phi) is 6.58. The third-order valence-electron chi connectivity index (χ3n) is 6.00. The van der Waals surface area contributed by atoms with Crippen molar-refractivity contribution in [2.45, 2.75) is 58.8 Å². The molecule has 4 heteroatoms. The monoisotopic (exact) mass is 358 g/mol. The lowest BCUT2D eigenvalue weighted by atomic mass is 9.88. The number of likely N-dealkylation sites (tertiary alicyclic amines) is 1. The maximum absolute atomic E-state index is 12.5. The number of nitrogens with zero attached hydrogens (tertiary/aromatic N) is 1. The second kappa shape index (κ2) is 8.90. The molecule has 1 aliphatic carbocycles. The minimum absolute atomic E-state index is 0.152. The lowest BCUT2D eigenvalue weighted by Gasteiger charge is -2.30. The maximum atomic E-state index is 12.5. The van der Waals surface area contributed by atoms with Crippen molar-refractivity contribution >= 4 is 11.6 Å². The lowest BCUT2D eigenvalue weighted by Crippen LogP contribution is -2.35. The van der Waals surface area contributed by atoms with Crippen molar-refractivity contribution in [2.24, 2.45) is 11.3 Å². The van der Waals surface area contributed by atoms with Gasteiger partial charge in [-0.2, -0.15) is 0 Å². The number of amides is 1. The summed E-state index contributed by atoms with van der Waals surface area (Å²) in [5.41, 5.74) is 0.666. The van der Waals surface area contributed by atoms with Gasteiger partial charge in [-0.3, -0.25) is 4.79 Å². The fourth-order valence-corrected chi connectivity index (χ4v) is 4.27. The van der Waals surface area contributed by atoms with Crippen LogP contribution in [-0.4, -0.2) is 37.0 Å².